The number of morpholine rings is 1. The van der Waals surface area contributed by atoms with E-state index in [1.54, 1.807) is 4.90 Å². The van der Waals surface area contributed by atoms with E-state index >= 15 is 0 Å². The predicted octanol–water partition coefficient (Wildman–Crippen LogP) is 2.43. The van der Waals surface area contributed by atoms with Gasteiger partial charge in [-0.2, -0.15) is 0 Å². The molecule has 0 unspecified atom stereocenters. The molecule has 1 aromatic rings. The van der Waals surface area contributed by atoms with Gasteiger partial charge < -0.3 is 9.64 Å². The molecule has 2 fully saturated rings. The van der Waals surface area contributed by atoms with Gasteiger partial charge in [-0.05, 0) is 44.4 Å². The molecule has 126 valence electrons. The summed E-state index contributed by atoms with van der Waals surface area (Å²) < 4.78 is 19.2. The highest BCUT2D eigenvalue weighted by molar-refractivity contribution is 5.85. The van der Waals surface area contributed by atoms with E-state index in [1.165, 1.54) is 12.1 Å². The van der Waals surface area contributed by atoms with Crippen molar-refractivity contribution in [3.8, 4) is 0 Å². The summed E-state index contributed by atoms with van der Waals surface area (Å²) in [4.78, 5) is 16.3. The summed E-state index contributed by atoms with van der Waals surface area (Å²) in [5.74, 6) is -0.145. The Morgan fingerprint density at radius 1 is 1.17 bits per heavy atom. The van der Waals surface area contributed by atoms with Gasteiger partial charge in [0.15, 0.2) is 0 Å². The smallest absolute Gasteiger partial charge is 0.254 e. The number of amides is 1. The monoisotopic (exact) mass is 320 g/mol. The lowest BCUT2D eigenvalue weighted by Crippen LogP contribution is -2.64. The highest BCUT2D eigenvalue weighted by Crippen LogP contribution is 2.36. The second-order valence-corrected chi connectivity index (χ2v) is 7.36. The number of rotatable bonds is 2. The average Bonchev–Trinajstić information content (AvgIpc) is 2.49. The number of carbonyl (C=O) groups is 1. The highest BCUT2D eigenvalue weighted by Gasteiger charge is 2.49. The van der Waals surface area contributed by atoms with Crippen LogP contribution in [0.25, 0.3) is 0 Å². The summed E-state index contributed by atoms with van der Waals surface area (Å²) in [6.45, 7) is 7.06. The first-order valence-corrected chi connectivity index (χ1v) is 8.22. The van der Waals surface area contributed by atoms with Crippen molar-refractivity contribution in [3.05, 3.63) is 35.6 Å². The van der Waals surface area contributed by atoms with E-state index in [4.69, 9.17) is 4.74 Å². The standard InChI is InChI=1S/C18H25FN2O2/c1-17(2)16(22)20(3)13-18(23-17)8-10-21(11-9-18)12-14-4-6-15(19)7-5-14/h4-7H,8-13H2,1-3H3. The Labute approximate surface area is 137 Å². The second kappa shape index (κ2) is 5.87. The van der Waals surface area contributed by atoms with Crippen molar-refractivity contribution < 1.29 is 13.9 Å². The molecule has 2 aliphatic heterocycles. The lowest BCUT2D eigenvalue weighted by molar-refractivity contribution is -0.214. The maximum Gasteiger partial charge on any atom is 0.254 e. The van der Waals surface area contributed by atoms with Crippen LogP contribution in [-0.4, -0.2) is 53.6 Å². The van der Waals surface area contributed by atoms with Gasteiger partial charge in [0.25, 0.3) is 5.91 Å². The fraction of sp³-hybridized carbons (Fsp3) is 0.611. The zero-order chi connectivity index (χ0) is 16.7. The van der Waals surface area contributed by atoms with Gasteiger partial charge in [-0.3, -0.25) is 9.69 Å². The number of benzene rings is 1. The molecule has 1 aromatic carbocycles. The lowest BCUT2D eigenvalue weighted by Gasteiger charge is -2.51. The minimum atomic E-state index is -0.744. The number of ether oxygens (including phenoxy) is 1. The minimum Gasteiger partial charge on any atom is -0.357 e. The summed E-state index contributed by atoms with van der Waals surface area (Å²) in [6.07, 6.45) is 1.82. The van der Waals surface area contributed by atoms with Crippen LogP contribution in [0.15, 0.2) is 24.3 Å². The molecule has 2 saturated heterocycles. The molecule has 0 radical (unpaired) electrons. The van der Waals surface area contributed by atoms with E-state index in [9.17, 15) is 9.18 Å². The van der Waals surface area contributed by atoms with Crippen LogP contribution in [0.1, 0.15) is 32.3 Å². The molecule has 1 amide bonds. The van der Waals surface area contributed by atoms with E-state index < -0.39 is 5.60 Å². The third-order valence-corrected chi connectivity index (χ3v) is 4.95. The molecule has 2 aliphatic rings. The van der Waals surface area contributed by atoms with E-state index in [-0.39, 0.29) is 17.3 Å². The van der Waals surface area contributed by atoms with Crippen LogP contribution in [0.2, 0.25) is 0 Å². The van der Waals surface area contributed by atoms with Crippen LogP contribution in [0.5, 0.6) is 0 Å². The van der Waals surface area contributed by atoms with Crippen molar-refractivity contribution in [2.75, 3.05) is 26.7 Å². The van der Waals surface area contributed by atoms with Crippen LogP contribution in [0.3, 0.4) is 0 Å². The number of nitrogens with zero attached hydrogens (tertiary/aromatic N) is 2. The van der Waals surface area contributed by atoms with Crippen molar-refractivity contribution in [2.45, 2.75) is 44.4 Å². The van der Waals surface area contributed by atoms with Gasteiger partial charge >= 0.3 is 0 Å². The topological polar surface area (TPSA) is 32.8 Å². The van der Waals surface area contributed by atoms with Gasteiger partial charge in [-0.15, -0.1) is 0 Å². The Balaban J connectivity index is 1.61. The Kier molecular flexibility index (Phi) is 4.19. The Morgan fingerprint density at radius 2 is 1.78 bits per heavy atom. The van der Waals surface area contributed by atoms with Crippen LogP contribution in [0.4, 0.5) is 4.39 Å². The van der Waals surface area contributed by atoms with E-state index in [2.05, 4.69) is 4.90 Å². The lowest BCUT2D eigenvalue weighted by atomic mass is 9.86. The molecule has 0 bridgehead atoms. The molecule has 0 saturated carbocycles. The average molecular weight is 320 g/mol. The minimum absolute atomic E-state index is 0.0527. The first-order valence-electron chi connectivity index (χ1n) is 8.22. The third kappa shape index (κ3) is 3.40. The molecule has 2 heterocycles. The zero-order valence-electron chi connectivity index (χ0n) is 14.1. The zero-order valence-corrected chi connectivity index (χ0v) is 14.1. The van der Waals surface area contributed by atoms with Crippen LogP contribution >= 0.6 is 0 Å². The molecule has 1 spiro atoms. The predicted molar refractivity (Wildman–Crippen MR) is 86.4 cm³/mol. The number of likely N-dealkylation sites (tertiary alicyclic amines) is 1. The molecule has 5 heteroatoms. The van der Waals surface area contributed by atoms with E-state index in [0.717, 1.165) is 38.0 Å². The van der Waals surface area contributed by atoms with Gasteiger partial charge in [-0.25, -0.2) is 4.39 Å². The second-order valence-electron chi connectivity index (χ2n) is 7.36. The molecular formula is C18H25FN2O2. The van der Waals surface area contributed by atoms with Crippen LogP contribution < -0.4 is 0 Å². The first-order chi connectivity index (χ1) is 10.8. The van der Waals surface area contributed by atoms with Gasteiger partial charge in [0.05, 0.1) is 5.60 Å². The van der Waals surface area contributed by atoms with Gasteiger partial charge in [0, 0.05) is 33.2 Å². The fourth-order valence-corrected chi connectivity index (χ4v) is 3.81. The number of halogens is 1. The SMILES string of the molecule is CN1CC2(CCN(Cc3ccc(F)cc3)CC2)OC(C)(C)C1=O. The van der Waals surface area contributed by atoms with Crippen molar-refractivity contribution in [3.63, 3.8) is 0 Å². The number of likely N-dealkylation sites (N-methyl/N-ethyl adjacent to an activating group) is 1. The third-order valence-electron chi connectivity index (χ3n) is 4.95. The molecule has 0 aromatic heterocycles. The van der Waals surface area contributed by atoms with Crippen LogP contribution in [0, 0.1) is 5.82 Å². The molecule has 3 rings (SSSR count). The number of hydrogen-bond acceptors (Lipinski definition) is 3. The molecular weight excluding hydrogens is 295 g/mol. The summed E-state index contributed by atoms with van der Waals surface area (Å²) >= 11 is 0. The summed E-state index contributed by atoms with van der Waals surface area (Å²) in [7, 11) is 1.86. The maximum absolute atomic E-state index is 13.0. The number of hydrogen-bond donors (Lipinski definition) is 0. The Morgan fingerprint density at radius 3 is 2.35 bits per heavy atom. The first kappa shape index (κ1) is 16.4. The number of carbonyl (C=O) groups excluding carboxylic acids is 1. The van der Waals surface area contributed by atoms with Crippen LogP contribution in [-0.2, 0) is 16.1 Å². The summed E-state index contributed by atoms with van der Waals surface area (Å²) in [5, 5.41) is 0. The maximum atomic E-state index is 13.0. The van der Waals surface area contributed by atoms with Crippen molar-refractivity contribution >= 4 is 5.91 Å². The van der Waals surface area contributed by atoms with E-state index in [0.29, 0.717) is 6.54 Å². The molecule has 0 aliphatic carbocycles. The number of piperidine rings is 1. The molecule has 4 nitrogen and oxygen atoms in total. The van der Waals surface area contributed by atoms with Gasteiger partial charge in [0.2, 0.25) is 0 Å². The van der Waals surface area contributed by atoms with Gasteiger partial charge in [0.1, 0.15) is 11.4 Å². The highest BCUT2D eigenvalue weighted by atomic mass is 19.1. The normalized spacial score (nSPS) is 24.2. The van der Waals surface area contributed by atoms with E-state index in [1.807, 2.05) is 33.0 Å². The summed E-state index contributed by atoms with van der Waals surface area (Å²) in [6, 6.07) is 6.70. The molecule has 0 N–H and O–H groups in total. The van der Waals surface area contributed by atoms with Crippen molar-refractivity contribution in [1.29, 1.82) is 0 Å². The summed E-state index contributed by atoms with van der Waals surface area (Å²) in [5.41, 5.74) is 0.150. The largest absolute Gasteiger partial charge is 0.357 e. The van der Waals surface area contributed by atoms with Gasteiger partial charge in [-0.1, -0.05) is 12.1 Å². The molecule has 0 atom stereocenters. The quantitative estimate of drug-likeness (QED) is 0.839. The van der Waals surface area contributed by atoms with Crippen molar-refractivity contribution in [1.82, 2.24) is 9.80 Å². The molecule has 23 heavy (non-hydrogen) atoms. The fourth-order valence-electron chi connectivity index (χ4n) is 3.81. The Hall–Kier alpha value is -1.46. The van der Waals surface area contributed by atoms with Crippen molar-refractivity contribution in [2.24, 2.45) is 0 Å². The Bertz CT molecular complexity index is 577.